The van der Waals surface area contributed by atoms with Crippen molar-refractivity contribution in [3.05, 3.63) is 29.3 Å². The fourth-order valence-electron chi connectivity index (χ4n) is 4.18. The average molecular weight is 514 g/mol. The molecule has 0 unspecified atom stereocenters. The second-order valence-corrected chi connectivity index (χ2v) is 8.57. The molecule has 1 N–H and O–H groups in total. The molecule has 0 heterocycles. The standard InChI is InChI=1S/C18H25.Bi.HO2P/c1-3-9-15(10-4-1)17-13-7-8-14-18(17)16-11-5-2-6-12-16;;1-3-2/h7-8,13,15-16H,1-6,9-12H2;;(H,1,2). The van der Waals surface area contributed by atoms with Crippen LogP contribution in [0, 0.1) is 0 Å². The molecule has 1 aromatic carbocycles. The third kappa shape index (κ3) is 5.08. The van der Waals surface area contributed by atoms with E-state index in [0.29, 0.717) is 0 Å². The summed E-state index contributed by atoms with van der Waals surface area (Å²) in [5.74, 6) is 1.78. The SMILES string of the molecule is O=PO.[Bi][c]1cccc(C2CCCCC2)c1C1CCCCC1. The first-order chi connectivity index (χ1) is 10.8. The molecule has 0 aliphatic heterocycles. The van der Waals surface area contributed by atoms with E-state index < -0.39 is 8.69 Å². The molecular weight excluding hydrogens is 488 g/mol. The molecule has 2 saturated carbocycles. The van der Waals surface area contributed by atoms with Gasteiger partial charge in [0.25, 0.3) is 0 Å². The van der Waals surface area contributed by atoms with Crippen LogP contribution in [0.4, 0.5) is 0 Å². The molecule has 2 fully saturated rings. The van der Waals surface area contributed by atoms with Gasteiger partial charge in [0.15, 0.2) is 0 Å². The van der Waals surface area contributed by atoms with Crippen molar-refractivity contribution in [3.63, 3.8) is 0 Å². The molecule has 2 radical (unpaired) electrons. The Bertz CT molecular complexity index is 466. The molecule has 120 valence electrons. The van der Waals surface area contributed by atoms with Crippen molar-refractivity contribution in [2.24, 2.45) is 0 Å². The van der Waals surface area contributed by atoms with Gasteiger partial charge in [0.1, 0.15) is 0 Å². The van der Waals surface area contributed by atoms with Gasteiger partial charge >= 0.3 is 142 Å². The first-order valence-corrected chi connectivity index (χ1v) is 11.1. The van der Waals surface area contributed by atoms with Crippen molar-refractivity contribution in [1.82, 2.24) is 0 Å². The Morgan fingerprint density at radius 1 is 0.909 bits per heavy atom. The van der Waals surface area contributed by atoms with Crippen molar-refractivity contribution in [2.75, 3.05) is 0 Å². The Morgan fingerprint density at radius 3 is 1.95 bits per heavy atom. The maximum atomic E-state index is 8.46. The van der Waals surface area contributed by atoms with Gasteiger partial charge in [0.2, 0.25) is 0 Å². The van der Waals surface area contributed by atoms with Crippen LogP contribution >= 0.6 is 8.69 Å². The Labute approximate surface area is 151 Å². The molecule has 0 bridgehead atoms. The first kappa shape index (κ1) is 18.5. The van der Waals surface area contributed by atoms with Gasteiger partial charge in [0, 0.05) is 0 Å². The minimum atomic E-state index is -0.833. The number of hydrogen-bond donors (Lipinski definition) is 1. The first-order valence-electron chi connectivity index (χ1n) is 8.56. The van der Waals surface area contributed by atoms with Gasteiger partial charge in [-0.3, -0.25) is 0 Å². The summed E-state index contributed by atoms with van der Waals surface area (Å²) in [5, 5.41) is 0. The Kier molecular flexibility index (Phi) is 8.51. The van der Waals surface area contributed by atoms with Crippen LogP contribution in [0.3, 0.4) is 0 Å². The van der Waals surface area contributed by atoms with E-state index >= 15 is 0 Å². The van der Waals surface area contributed by atoms with Gasteiger partial charge in [-0.25, -0.2) is 4.57 Å². The van der Waals surface area contributed by atoms with E-state index in [0.717, 1.165) is 11.8 Å². The molecule has 0 spiro atoms. The fourth-order valence-corrected chi connectivity index (χ4v) is 5.72. The fraction of sp³-hybridized carbons (Fsp3) is 0.667. The van der Waals surface area contributed by atoms with E-state index in [1.54, 1.807) is 8.83 Å². The van der Waals surface area contributed by atoms with Gasteiger partial charge in [-0.15, -0.1) is 0 Å². The predicted molar refractivity (Wildman–Crippen MR) is 93.3 cm³/mol. The van der Waals surface area contributed by atoms with Crippen molar-refractivity contribution < 1.29 is 9.46 Å². The number of hydrogen-bond acceptors (Lipinski definition) is 1. The van der Waals surface area contributed by atoms with Crippen LogP contribution in [-0.4, -0.2) is 29.6 Å². The van der Waals surface area contributed by atoms with Crippen molar-refractivity contribution >= 4 is 36.7 Å². The minimum absolute atomic E-state index is 0.833. The zero-order valence-corrected chi connectivity index (χ0v) is 17.6. The quantitative estimate of drug-likeness (QED) is 0.457. The zero-order chi connectivity index (χ0) is 15.8. The van der Waals surface area contributed by atoms with E-state index in [2.05, 4.69) is 18.2 Å². The molecular formula is C18H26BiO2P. The van der Waals surface area contributed by atoms with Gasteiger partial charge in [0.05, 0.1) is 0 Å². The van der Waals surface area contributed by atoms with E-state index in [4.69, 9.17) is 9.46 Å². The molecule has 4 heteroatoms. The summed E-state index contributed by atoms with van der Waals surface area (Å²) >= 11 is 1.45. The van der Waals surface area contributed by atoms with E-state index in [1.165, 1.54) is 88.9 Å². The van der Waals surface area contributed by atoms with E-state index in [9.17, 15) is 0 Å². The number of rotatable bonds is 2. The Morgan fingerprint density at radius 2 is 1.41 bits per heavy atom. The second-order valence-electron chi connectivity index (χ2n) is 6.53. The molecule has 0 amide bonds. The van der Waals surface area contributed by atoms with Crippen LogP contribution in [0.15, 0.2) is 18.2 Å². The third-order valence-electron chi connectivity index (χ3n) is 5.18. The second kappa shape index (κ2) is 10.1. The van der Waals surface area contributed by atoms with Crippen LogP contribution in [0.25, 0.3) is 0 Å². The number of benzene rings is 1. The summed E-state index contributed by atoms with van der Waals surface area (Å²) in [4.78, 5) is 6.99. The van der Waals surface area contributed by atoms with Crippen molar-refractivity contribution in [3.8, 4) is 0 Å². The summed E-state index contributed by atoms with van der Waals surface area (Å²) in [6.07, 6.45) is 14.6. The molecule has 22 heavy (non-hydrogen) atoms. The van der Waals surface area contributed by atoms with Crippen molar-refractivity contribution in [1.29, 1.82) is 0 Å². The van der Waals surface area contributed by atoms with Gasteiger partial charge in [-0.2, -0.15) is 0 Å². The molecule has 1 aromatic rings. The third-order valence-corrected chi connectivity index (χ3v) is 6.69. The van der Waals surface area contributed by atoms with Crippen LogP contribution < -0.4 is 3.27 Å². The van der Waals surface area contributed by atoms with Crippen LogP contribution in [0.5, 0.6) is 0 Å². The van der Waals surface area contributed by atoms with Crippen LogP contribution in [0.1, 0.15) is 87.2 Å². The van der Waals surface area contributed by atoms with Crippen molar-refractivity contribution in [2.45, 2.75) is 76.0 Å². The molecule has 2 nitrogen and oxygen atoms in total. The summed E-state index contributed by atoms with van der Waals surface area (Å²) in [6, 6.07) is 7.19. The summed E-state index contributed by atoms with van der Waals surface area (Å²) in [6.45, 7) is 0. The van der Waals surface area contributed by atoms with Gasteiger partial charge in [-0.05, 0) is 0 Å². The predicted octanol–water partition coefficient (Wildman–Crippen LogP) is 4.76. The molecule has 0 atom stereocenters. The maximum absolute atomic E-state index is 8.46. The van der Waals surface area contributed by atoms with Crippen LogP contribution in [0.2, 0.25) is 0 Å². The van der Waals surface area contributed by atoms with Crippen LogP contribution in [-0.2, 0) is 4.57 Å². The Hall–Kier alpha value is 0.163. The topological polar surface area (TPSA) is 37.3 Å². The summed E-state index contributed by atoms with van der Waals surface area (Å²) < 4.78 is 10.1. The summed E-state index contributed by atoms with van der Waals surface area (Å²) in [5.41, 5.74) is 3.56. The van der Waals surface area contributed by atoms with E-state index in [1.807, 2.05) is 5.56 Å². The van der Waals surface area contributed by atoms with Gasteiger partial charge < -0.3 is 4.89 Å². The van der Waals surface area contributed by atoms with Gasteiger partial charge in [-0.1, -0.05) is 0 Å². The zero-order valence-electron chi connectivity index (χ0n) is 13.2. The molecule has 0 saturated heterocycles. The molecule has 2 aliphatic rings. The monoisotopic (exact) mass is 514 g/mol. The molecule has 3 rings (SSSR count). The normalized spacial score (nSPS) is 20.5. The Balaban J connectivity index is 0.000000545. The molecule has 2 aliphatic carbocycles. The molecule has 0 aromatic heterocycles. The average Bonchev–Trinajstić information content (AvgIpc) is 2.57. The van der Waals surface area contributed by atoms with E-state index in [-0.39, 0.29) is 0 Å². The summed E-state index contributed by atoms with van der Waals surface area (Å²) in [7, 11) is -0.833.